The monoisotopic (exact) mass is 457 g/mol. The second-order valence-electron chi connectivity index (χ2n) is 8.20. The largest absolute Gasteiger partial charge is 0.507 e. The van der Waals surface area contributed by atoms with Crippen LogP contribution in [0.1, 0.15) is 37.9 Å². The van der Waals surface area contributed by atoms with E-state index < -0.39 is 17.7 Å². The Hall–Kier alpha value is -4.06. The minimum Gasteiger partial charge on any atom is -0.507 e. The van der Waals surface area contributed by atoms with Gasteiger partial charge < -0.3 is 14.6 Å². The SMILES string of the molecule is CCOc1ccc(C2/C(=C(/O)c3ccc(OC(C)C)cc3)C(=O)C(=O)N2c2ccccc2)cc1. The average molecular weight is 458 g/mol. The second kappa shape index (κ2) is 9.83. The zero-order chi connectivity index (χ0) is 24.2. The summed E-state index contributed by atoms with van der Waals surface area (Å²) in [6.07, 6.45) is 0.00954. The summed E-state index contributed by atoms with van der Waals surface area (Å²) < 4.78 is 11.2. The fourth-order valence-electron chi connectivity index (χ4n) is 4.03. The first-order valence-corrected chi connectivity index (χ1v) is 11.3. The van der Waals surface area contributed by atoms with Crippen molar-refractivity contribution in [1.29, 1.82) is 0 Å². The number of carbonyl (C=O) groups excluding carboxylic acids is 2. The molecule has 1 amide bonds. The summed E-state index contributed by atoms with van der Waals surface area (Å²) in [4.78, 5) is 27.8. The van der Waals surface area contributed by atoms with E-state index in [4.69, 9.17) is 9.47 Å². The van der Waals surface area contributed by atoms with E-state index in [0.717, 1.165) is 0 Å². The van der Waals surface area contributed by atoms with Gasteiger partial charge in [-0.25, -0.2) is 0 Å². The number of benzene rings is 3. The summed E-state index contributed by atoms with van der Waals surface area (Å²) in [5.41, 5.74) is 1.73. The van der Waals surface area contributed by atoms with Crippen LogP contribution in [-0.2, 0) is 9.59 Å². The number of aliphatic hydroxyl groups is 1. The number of hydrogen-bond donors (Lipinski definition) is 1. The van der Waals surface area contributed by atoms with E-state index in [2.05, 4.69) is 0 Å². The molecule has 6 nitrogen and oxygen atoms in total. The van der Waals surface area contributed by atoms with Gasteiger partial charge in [0.05, 0.1) is 24.3 Å². The van der Waals surface area contributed by atoms with Gasteiger partial charge in [-0.1, -0.05) is 30.3 Å². The van der Waals surface area contributed by atoms with Gasteiger partial charge in [-0.05, 0) is 74.9 Å². The van der Waals surface area contributed by atoms with Crippen LogP contribution in [-0.4, -0.2) is 29.5 Å². The molecular weight excluding hydrogens is 430 g/mol. The van der Waals surface area contributed by atoms with E-state index in [0.29, 0.717) is 34.9 Å². The molecule has 1 fully saturated rings. The summed E-state index contributed by atoms with van der Waals surface area (Å²) in [6.45, 7) is 6.28. The van der Waals surface area contributed by atoms with Gasteiger partial charge in [0.15, 0.2) is 0 Å². The van der Waals surface area contributed by atoms with Crippen molar-refractivity contribution in [3.05, 3.63) is 95.6 Å². The highest BCUT2D eigenvalue weighted by Crippen LogP contribution is 2.42. The zero-order valence-corrected chi connectivity index (χ0v) is 19.4. The molecule has 174 valence electrons. The molecule has 0 radical (unpaired) electrons. The van der Waals surface area contributed by atoms with E-state index >= 15 is 0 Å². The lowest BCUT2D eigenvalue weighted by Crippen LogP contribution is -2.29. The minimum absolute atomic E-state index is 0.00954. The van der Waals surface area contributed by atoms with Gasteiger partial charge in [-0.2, -0.15) is 0 Å². The summed E-state index contributed by atoms with van der Waals surface area (Å²) in [5.74, 6) is -0.316. The van der Waals surface area contributed by atoms with Crippen LogP contribution >= 0.6 is 0 Å². The molecule has 1 aliphatic rings. The molecule has 0 aromatic heterocycles. The molecular formula is C28H27NO5. The third-order valence-electron chi connectivity index (χ3n) is 5.49. The Kier molecular flexibility index (Phi) is 6.68. The number of hydrogen-bond acceptors (Lipinski definition) is 5. The van der Waals surface area contributed by atoms with Crippen LogP contribution in [0.25, 0.3) is 5.76 Å². The molecule has 3 aromatic rings. The van der Waals surface area contributed by atoms with Gasteiger partial charge in [-0.3, -0.25) is 14.5 Å². The van der Waals surface area contributed by atoms with Crippen molar-refractivity contribution < 1.29 is 24.2 Å². The van der Waals surface area contributed by atoms with Crippen LogP contribution < -0.4 is 14.4 Å². The molecule has 3 aromatic carbocycles. The molecule has 1 atom stereocenters. The molecule has 4 rings (SSSR count). The first-order valence-electron chi connectivity index (χ1n) is 11.3. The van der Waals surface area contributed by atoms with Gasteiger partial charge >= 0.3 is 0 Å². The Morgan fingerprint density at radius 1 is 0.912 bits per heavy atom. The summed E-state index contributed by atoms with van der Waals surface area (Å²) in [6, 6.07) is 22.2. The number of nitrogens with zero attached hydrogens (tertiary/aromatic N) is 1. The van der Waals surface area contributed by atoms with Gasteiger partial charge in [0, 0.05) is 11.3 Å². The number of amides is 1. The van der Waals surface area contributed by atoms with Crippen molar-refractivity contribution in [2.24, 2.45) is 0 Å². The van der Waals surface area contributed by atoms with Crippen LogP contribution in [0.2, 0.25) is 0 Å². The van der Waals surface area contributed by atoms with Crippen molar-refractivity contribution in [1.82, 2.24) is 0 Å². The molecule has 34 heavy (non-hydrogen) atoms. The number of carbonyl (C=O) groups is 2. The maximum Gasteiger partial charge on any atom is 0.300 e. The van der Waals surface area contributed by atoms with Crippen LogP contribution in [0.3, 0.4) is 0 Å². The standard InChI is InChI=1S/C28H27NO5/c1-4-33-22-14-10-19(11-15-22)25-24(26(30)20-12-16-23(17-13-20)34-18(2)3)27(31)28(32)29(25)21-8-6-5-7-9-21/h5-18,25,30H,4H2,1-3H3/b26-24-. The molecule has 1 N–H and O–H groups in total. The molecule has 0 spiro atoms. The maximum absolute atomic E-state index is 13.2. The van der Waals surface area contributed by atoms with E-state index in [1.54, 1.807) is 60.7 Å². The topological polar surface area (TPSA) is 76.1 Å². The summed E-state index contributed by atoms with van der Waals surface area (Å²) in [5, 5.41) is 11.2. The number of Topliss-reactive ketones (excluding diaryl/α,β-unsaturated/α-hetero) is 1. The van der Waals surface area contributed by atoms with Crippen molar-refractivity contribution in [2.75, 3.05) is 11.5 Å². The molecule has 0 bridgehead atoms. The normalized spacial score (nSPS) is 17.3. The Labute approximate surface area is 199 Å². The smallest absolute Gasteiger partial charge is 0.300 e. The van der Waals surface area contributed by atoms with Crippen LogP contribution in [0.15, 0.2) is 84.4 Å². The third-order valence-corrected chi connectivity index (χ3v) is 5.49. The predicted octanol–water partition coefficient (Wildman–Crippen LogP) is 5.50. The Morgan fingerprint density at radius 2 is 1.53 bits per heavy atom. The highest BCUT2D eigenvalue weighted by molar-refractivity contribution is 6.51. The Balaban J connectivity index is 1.83. The molecule has 0 aliphatic carbocycles. The lowest BCUT2D eigenvalue weighted by atomic mass is 9.95. The van der Waals surface area contributed by atoms with Gasteiger partial charge in [-0.15, -0.1) is 0 Å². The molecule has 1 aliphatic heterocycles. The summed E-state index contributed by atoms with van der Waals surface area (Å²) >= 11 is 0. The highest BCUT2D eigenvalue weighted by Gasteiger charge is 2.46. The van der Waals surface area contributed by atoms with E-state index in [9.17, 15) is 14.7 Å². The molecule has 1 unspecified atom stereocenters. The number of aliphatic hydroxyl groups excluding tert-OH is 1. The molecule has 1 heterocycles. The number of rotatable bonds is 7. The van der Waals surface area contributed by atoms with Crippen LogP contribution in [0.4, 0.5) is 5.69 Å². The third kappa shape index (κ3) is 4.53. The predicted molar refractivity (Wildman–Crippen MR) is 131 cm³/mol. The lowest BCUT2D eigenvalue weighted by Gasteiger charge is -2.25. The van der Waals surface area contributed by atoms with Crippen molar-refractivity contribution >= 4 is 23.1 Å². The molecule has 0 saturated carbocycles. The number of ether oxygens (including phenoxy) is 2. The van der Waals surface area contributed by atoms with E-state index in [1.807, 2.05) is 39.0 Å². The molecule has 1 saturated heterocycles. The number of anilines is 1. The van der Waals surface area contributed by atoms with Gasteiger partial charge in [0.25, 0.3) is 11.7 Å². The van der Waals surface area contributed by atoms with Crippen molar-refractivity contribution in [3.63, 3.8) is 0 Å². The number of ketones is 1. The van der Waals surface area contributed by atoms with Gasteiger partial charge in [0.1, 0.15) is 17.3 Å². The quantitative estimate of drug-likeness (QED) is 0.288. The zero-order valence-electron chi connectivity index (χ0n) is 19.4. The molecule has 6 heteroatoms. The highest BCUT2D eigenvalue weighted by atomic mass is 16.5. The van der Waals surface area contributed by atoms with Gasteiger partial charge in [0.2, 0.25) is 0 Å². The van der Waals surface area contributed by atoms with E-state index in [-0.39, 0.29) is 17.4 Å². The maximum atomic E-state index is 13.2. The first kappa shape index (κ1) is 23.1. The first-order chi connectivity index (χ1) is 16.4. The minimum atomic E-state index is -0.787. The average Bonchev–Trinajstić information content (AvgIpc) is 3.10. The van der Waals surface area contributed by atoms with Crippen molar-refractivity contribution in [2.45, 2.75) is 32.9 Å². The Morgan fingerprint density at radius 3 is 2.12 bits per heavy atom. The van der Waals surface area contributed by atoms with Crippen LogP contribution in [0.5, 0.6) is 11.5 Å². The second-order valence-corrected chi connectivity index (χ2v) is 8.20. The fourth-order valence-corrected chi connectivity index (χ4v) is 4.03. The van der Waals surface area contributed by atoms with Crippen molar-refractivity contribution in [3.8, 4) is 11.5 Å². The van der Waals surface area contributed by atoms with E-state index in [1.165, 1.54) is 4.90 Å². The van der Waals surface area contributed by atoms with Crippen LogP contribution in [0, 0.1) is 0 Å². The fraction of sp³-hybridized carbons (Fsp3) is 0.214. The summed E-state index contributed by atoms with van der Waals surface area (Å²) in [7, 11) is 0. The number of para-hydroxylation sites is 1. The Bertz CT molecular complexity index is 1200. The lowest BCUT2D eigenvalue weighted by molar-refractivity contribution is -0.132.